The first-order valence-corrected chi connectivity index (χ1v) is 7.69. The minimum atomic E-state index is -0.636. The monoisotopic (exact) mass is 388 g/mol. The zero-order valence-corrected chi connectivity index (χ0v) is 13.6. The minimum absolute atomic E-state index is 0.00401. The van der Waals surface area contributed by atoms with Crippen LogP contribution in [0, 0.1) is 0 Å². The van der Waals surface area contributed by atoms with Gasteiger partial charge in [-0.25, -0.2) is 4.79 Å². The van der Waals surface area contributed by atoms with Crippen LogP contribution in [0.3, 0.4) is 0 Å². The van der Waals surface area contributed by atoms with Gasteiger partial charge < -0.3 is 13.4 Å². The molecule has 0 atom stereocenters. The van der Waals surface area contributed by atoms with Crippen LogP contribution in [0.4, 0.5) is 0 Å². The predicted molar refractivity (Wildman–Crippen MR) is 85.0 cm³/mol. The molecule has 3 aromatic heterocycles. The van der Waals surface area contributed by atoms with Crippen LogP contribution < -0.4 is 5.76 Å². The third-order valence-corrected chi connectivity index (χ3v) is 3.67. The summed E-state index contributed by atoms with van der Waals surface area (Å²) in [4.78, 5) is 16.1. The molecule has 0 spiro atoms. The van der Waals surface area contributed by atoms with E-state index < -0.39 is 5.76 Å². The smallest absolute Gasteiger partial charge is 0.437 e. The lowest BCUT2D eigenvalue weighted by Gasteiger charge is -1.94. The number of hydrogen-bond acceptors (Lipinski definition) is 7. The maximum atomic E-state index is 11.9. The predicted octanol–water partition coefficient (Wildman–Crippen LogP) is 2.96. The van der Waals surface area contributed by atoms with E-state index in [1.54, 1.807) is 12.1 Å². The molecule has 8 nitrogen and oxygen atoms in total. The lowest BCUT2D eigenvalue weighted by molar-refractivity contribution is 0.360. The average Bonchev–Trinajstić information content (AvgIpc) is 3.30. The largest absolute Gasteiger partial charge is 0.459 e. The van der Waals surface area contributed by atoms with Gasteiger partial charge in [0.1, 0.15) is 6.54 Å². The first-order chi connectivity index (χ1) is 11.7. The topological polar surface area (TPSA) is 100 Å². The normalized spacial score (nSPS) is 11.0. The van der Waals surface area contributed by atoms with E-state index >= 15 is 0 Å². The highest BCUT2D eigenvalue weighted by Crippen LogP contribution is 2.20. The minimum Gasteiger partial charge on any atom is -0.459 e. The second-order valence-corrected chi connectivity index (χ2v) is 5.75. The van der Waals surface area contributed by atoms with Gasteiger partial charge in [-0.3, -0.25) is 0 Å². The zero-order chi connectivity index (χ0) is 16.5. The molecule has 120 valence electrons. The number of benzene rings is 1. The van der Waals surface area contributed by atoms with Gasteiger partial charge in [0.25, 0.3) is 5.89 Å². The SMILES string of the molecule is O=c1oc(-c2ccco2)nn1Cc1nc(-c2cccc(Br)c2)no1. The van der Waals surface area contributed by atoms with Crippen LogP contribution in [-0.2, 0) is 6.54 Å². The van der Waals surface area contributed by atoms with Crippen LogP contribution >= 0.6 is 15.9 Å². The second-order valence-electron chi connectivity index (χ2n) is 4.83. The van der Waals surface area contributed by atoms with Crippen LogP contribution in [0.2, 0.25) is 0 Å². The van der Waals surface area contributed by atoms with Gasteiger partial charge in [-0.1, -0.05) is 33.2 Å². The standard InChI is InChI=1S/C15H9BrN4O4/c16-10-4-1-3-9(7-10)13-17-12(24-19-13)8-20-15(21)23-14(18-20)11-5-2-6-22-11/h1-7H,8H2. The molecular weight excluding hydrogens is 380 g/mol. The van der Waals surface area contributed by atoms with Crippen molar-refractivity contribution in [3.05, 3.63) is 63.6 Å². The summed E-state index contributed by atoms with van der Waals surface area (Å²) in [5, 5.41) is 7.96. The van der Waals surface area contributed by atoms with Crippen molar-refractivity contribution in [3.63, 3.8) is 0 Å². The Bertz CT molecular complexity index is 1030. The second kappa shape index (κ2) is 5.93. The van der Waals surface area contributed by atoms with Crippen molar-refractivity contribution >= 4 is 15.9 Å². The molecule has 24 heavy (non-hydrogen) atoms. The fourth-order valence-electron chi connectivity index (χ4n) is 2.10. The van der Waals surface area contributed by atoms with Crippen LogP contribution in [0.5, 0.6) is 0 Å². The summed E-state index contributed by atoms with van der Waals surface area (Å²) < 4.78 is 17.4. The molecule has 0 N–H and O–H groups in total. The third kappa shape index (κ3) is 2.81. The fourth-order valence-corrected chi connectivity index (χ4v) is 2.50. The van der Waals surface area contributed by atoms with Crippen LogP contribution in [0.1, 0.15) is 5.89 Å². The Morgan fingerprint density at radius 3 is 2.92 bits per heavy atom. The van der Waals surface area contributed by atoms with Gasteiger partial charge in [-0.05, 0) is 24.3 Å². The van der Waals surface area contributed by atoms with Gasteiger partial charge in [0.05, 0.1) is 6.26 Å². The Balaban J connectivity index is 1.60. The van der Waals surface area contributed by atoms with E-state index in [1.165, 1.54) is 6.26 Å². The molecule has 4 rings (SSSR count). The van der Waals surface area contributed by atoms with Gasteiger partial charge in [0.2, 0.25) is 11.7 Å². The van der Waals surface area contributed by atoms with Crippen molar-refractivity contribution in [2.24, 2.45) is 0 Å². The molecule has 0 bridgehead atoms. The highest BCUT2D eigenvalue weighted by atomic mass is 79.9. The van der Waals surface area contributed by atoms with Gasteiger partial charge >= 0.3 is 5.76 Å². The molecule has 0 amide bonds. The van der Waals surface area contributed by atoms with E-state index in [9.17, 15) is 4.79 Å². The Morgan fingerprint density at radius 1 is 1.21 bits per heavy atom. The van der Waals surface area contributed by atoms with Crippen molar-refractivity contribution in [3.8, 4) is 23.0 Å². The fraction of sp³-hybridized carbons (Fsp3) is 0.0667. The molecule has 1 aromatic carbocycles. The van der Waals surface area contributed by atoms with Crippen molar-refractivity contribution in [1.29, 1.82) is 0 Å². The highest BCUT2D eigenvalue weighted by molar-refractivity contribution is 9.10. The molecule has 0 aliphatic heterocycles. The molecule has 0 aliphatic carbocycles. The van der Waals surface area contributed by atoms with Gasteiger partial charge in [-0.15, -0.1) is 5.10 Å². The lowest BCUT2D eigenvalue weighted by Crippen LogP contribution is -2.16. The molecule has 0 saturated heterocycles. The summed E-state index contributed by atoms with van der Waals surface area (Å²) in [7, 11) is 0. The average molecular weight is 389 g/mol. The molecule has 0 unspecified atom stereocenters. The Morgan fingerprint density at radius 2 is 2.12 bits per heavy atom. The number of rotatable bonds is 4. The maximum absolute atomic E-state index is 11.9. The highest BCUT2D eigenvalue weighted by Gasteiger charge is 2.16. The van der Waals surface area contributed by atoms with E-state index in [2.05, 4.69) is 31.2 Å². The summed E-state index contributed by atoms with van der Waals surface area (Å²) >= 11 is 3.39. The van der Waals surface area contributed by atoms with E-state index in [0.29, 0.717) is 11.6 Å². The van der Waals surface area contributed by atoms with Crippen molar-refractivity contribution in [2.45, 2.75) is 6.54 Å². The summed E-state index contributed by atoms with van der Waals surface area (Å²) in [5.74, 6) is 0.493. The van der Waals surface area contributed by atoms with Gasteiger partial charge in [0, 0.05) is 10.0 Å². The maximum Gasteiger partial charge on any atom is 0.437 e. The van der Waals surface area contributed by atoms with Crippen molar-refractivity contribution in [1.82, 2.24) is 19.9 Å². The first kappa shape index (κ1) is 14.6. The molecule has 9 heteroatoms. The molecule has 0 fully saturated rings. The van der Waals surface area contributed by atoms with Crippen molar-refractivity contribution < 1.29 is 13.4 Å². The Hall–Kier alpha value is -2.94. The Labute approximate surface area is 142 Å². The van der Waals surface area contributed by atoms with Crippen molar-refractivity contribution in [2.75, 3.05) is 0 Å². The summed E-state index contributed by atoms with van der Waals surface area (Å²) in [6.45, 7) is 0.00401. The molecule has 3 heterocycles. The number of aromatic nitrogens is 4. The number of hydrogen-bond donors (Lipinski definition) is 0. The van der Waals surface area contributed by atoms with Gasteiger partial charge in [-0.2, -0.15) is 9.67 Å². The third-order valence-electron chi connectivity index (χ3n) is 3.17. The summed E-state index contributed by atoms with van der Waals surface area (Å²) in [6, 6.07) is 10.8. The summed E-state index contributed by atoms with van der Waals surface area (Å²) in [6.07, 6.45) is 1.47. The number of nitrogens with zero attached hydrogens (tertiary/aromatic N) is 4. The van der Waals surface area contributed by atoms with Crippen LogP contribution in [0.25, 0.3) is 23.0 Å². The molecule has 0 saturated carbocycles. The Kier molecular flexibility index (Phi) is 3.62. The van der Waals surface area contributed by atoms with Gasteiger partial charge in [0.15, 0.2) is 5.76 Å². The van der Waals surface area contributed by atoms with E-state index in [-0.39, 0.29) is 18.3 Å². The summed E-state index contributed by atoms with van der Waals surface area (Å²) in [5.41, 5.74) is 0.795. The van der Waals surface area contributed by atoms with E-state index in [1.807, 2.05) is 24.3 Å². The molecular formula is C15H9BrN4O4. The molecule has 0 aliphatic rings. The zero-order valence-electron chi connectivity index (χ0n) is 12.0. The quantitative estimate of drug-likeness (QED) is 0.529. The number of halogens is 1. The van der Waals surface area contributed by atoms with Crippen LogP contribution in [-0.4, -0.2) is 19.9 Å². The van der Waals surface area contributed by atoms with E-state index in [4.69, 9.17) is 13.4 Å². The molecule has 4 aromatic rings. The van der Waals surface area contributed by atoms with Crippen LogP contribution in [0.15, 0.2) is 65.3 Å². The van der Waals surface area contributed by atoms with E-state index in [0.717, 1.165) is 14.7 Å². The lowest BCUT2D eigenvalue weighted by atomic mass is 10.2. The molecule has 0 radical (unpaired) electrons. The first-order valence-electron chi connectivity index (χ1n) is 6.89. The number of furan rings is 1.